The van der Waals surface area contributed by atoms with E-state index >= 15 is 0 Å². The number of carboxylic acids is 1. The summed E-state index contributed by atoms with van der Waals surface area (Å²) in [6, 6.07) is 30.1. The Morgan fingerprint density at radius 3 is 2.35 bits per heavy atom. The molecule has 0 saturated carbocycles. The number of methoxy groups -OCH3 is 1. The van der Waals surface area contributed by atoms with E-state index in [1.54, 1.807) is 25.3 Å². The van der Waals surface area contributed by atoms with Crippen LogP contribution in [0.1, 0.15) is 21.5 Å². The fraction of sp³-hybridized carbons (Fsp3) is 0.0968. The molecule has 0 atom stereocenters. The molecule has 0 fully saturated rings. The molecule has 0 aliphatic rings. The fourth-order valence-electron chi connectivity index (χ4n) is 4.83. The summed E-state index contributed by atoms with van der Waals surface area (Å²) < 4.78 is 9.70. The lowest BCUT2D eigenvalue weighted by atomic mass is 10.0. The van der Waals surface area contributed by atoms with E-state index in [1.165, 1.54) is 16.5 Å². The van der Waals surface area contributed by atoms with Crippen LogP contribution in [0.4, 0.5) is 0 Å². The van der Waals surface area contributed by atoms with Crippen molar-refractivity contribution in [3.8, 4) is 16.9 Å². The molecule has 6 heteroatoms. The van der Waals surface area contributed by atoms with Crippen molar-refractivity contribution in [2.75, 3.05) is 7.11 Å². The summed E-state index contributed by atoms with van der Waals surface area (Å²) in [7, 11) is 1.69. The van der Waals surface area contributed by atoms with Gasteiger partial charge in [-0.2, -0.15) is 0 Å². The molecule has 37 heavy (non-hydrogen) atoms. The van der Waals surface area contributed by atoms with Crippen LogP contribution in [-0.2, 0) is 13.1 Å². The number of hydrogen-bond donors (Lipinski definition) is 1. The minimum Gasteiger partial charge on any atom is -0.497 e. The standard InChI is InChI=1S/C31H25N3O3/c1-37-27-7-3-5-22(15-27)18-33-13-12-23-8-9-24(16-29(23)33)25-10-11-28-30(17-25)34(20-32-28)19-21-4-2-6-26(14-21)31(35)36/h2-17,20H,18-19H2,1H3,(H,35,36). The SMILES string of the molecule is COc1cccc(Cn2ccc3ccc(-c4ccc5ncn(Cc6cccc(C(=O)O)c6)c5c4)cc32)c1. The second-order valence-electron chi connectivity index (χ2n) is 9.15. The van der Waals surface area contributed by atoms with Gasteiger partial charge < -0.3 is 19.0 Å². The first-order valence-electron chi connectivity index (χ1n) is 12.1. The van der Waals surface area contributed by atoms with E-state index in [0.29, 0.717) is 6.54 Å². The normalized spacial score (nSPS) is 11.3. The van der Waals surface area contributed by atoms with Crippen LogP contribution in [-0.4, -0.2) is 32.3 Å². The second-order valence-corrected chi connectivity index (χ2v) is 9.15. The van der Waals surface area contributed by atoms with Gasteiger partial charge in [0.25, 0.3) is 0 Å². The Morgan fingerprint density at radius 1 is 0.811 bits per heavy atom. The Labute approximate surface area is 214 Å². The molecule has 0 saturated heterocycles. The number of nitrogens with zero attached hydrogens (tertiary/aromatic N) is 3. The average molecular weight is 488 g/mol. The largest absolute Gasteiger partial charge is 0.497 e. The molecule has 6 rings (SSSR count). The molecule has 1 N–H and O–H groups in total. The summed E-state index contributed by atoms with van der Waals surface area (Å²) >= 11 is 0. The first-order valence-corrected chi connectivity index (χ1v) is 12.1. The summed E-state index contributed by atoms with van der Waals surface area (Å²) in [5.41, 5.74) is 7.68. The number of carbonyl (C=O) groups is 1. The topological polar surface area (TPSA) is 69.3 Å². The predicted octanol–water partition coefficient (Wildman–Crippen LogP) is 6.46. The Balaban J connectivity index is 1.34. The highest BCUT2D eigenvalue weighted by Crippen LogP contribution is 2.29. The lowest BCUT2D eigenvalue weighted by molar-refractivity contribution is 0.0696. The van der Waals surface area contributed by atoms with Crippen molar-refractivity contribution in [1.82, 2.24) is 14.1 Å². The summed E-state index contributed by atoms with van der Waals surface area (Å²) in [5, 5.41) is 10.5. The maximum Gasteiger partial charge on any atom is 0.335 e. The molecule has 4 aromatic carbocycles. The fourth-order valence-corrected chi connectivity index (χ4v) is 4.83. The predicted molar refractivity (Wildman–Crippen MR) is 145 cm³/mol. The minimum atomic E-state index is -0.925. The van der Waals surface area contributed by atoms with Gasteiger partial charge >= 0.3 is 5.97 Å². The van der Waals surface area contributed by atoms with Crippen molar-refractivity contribution < 1.29 is 14.6 Å². The molecule has 0 unspecified atom stereocenters. The first kappa shape index (κ1) is 22.6. The smallest absolute Gasteiger partial charge is 0.335 e. The molecule has 6 aromatic rings. The number of fused-ring (bicyclic) bond motifs is 2. The third-order valence-corrected chi connectivity index (χ3v) is 6.74. The van der Waals surface area contributed by atoms with Gasteiger partial charge in [-0.15, -0.1) is 0 Å². The van der Waals surface area contributed by atoms with E-state index < -0.39 is 5.97 Å². The number of ether oxygens (including phenoxy) is 1. The number of imidazole rings is 1. The zero-order valence-corrected chi connectivity index (χ0v) is 20.3. The highest BCUT2D eigenvalue weighted by atomic mass is 16.5. The van der Waals surface area contributed by atoms with Crippen molar-refractivity contribution in [1.29, 1.82) is 0 Å². The lowest BCUT2D eigenvalue weighted by Gasteiger charge is -2.10. The Bertz CT molecular complexity index is 1760. The van der Waals surface area contributed by atoms with Crippen molar-refractivity contribution in [2.45, 2.75) is 13.1 Å². The molecule has 0 radical (unpaired) electrons. The molecular formula is C31H25N3O3. The number of benzene rings is 4. The van der Waals surface area contributed by atoms with Gasteiger partial charge in [0.2, 0.25) is 0 Å². The molecule has 2 aromatic heterocycles. The van der Waals surface area contributed by atoms with Gasteiger partial charge in [-0.25, -0.2) is 9.78 Å². The Hall–Kier alpha value is -4.84. The number of hydrogen-bond acceptors (Lipinski definition) is 3. The summed E-state index contributed by atoms with van der Waals surface area (Å²) in [6.45, 7) is 1.30. The molecule has 2 heterocycles. The van der Waals surface area contributed by atoms with Crippen LogP contribution in [0.25, 0.3) is 33.1 Å². The van der Waals surface area contributed by atoms with E-state index in [0.717, 1.165) is 40.0 Å². The molecule has 0 aliphatic heterocycles. The van der Waals surface area contributed by atoms with Crippen molar-refractivity contribution in [3.63, 3.8) is 0 Å². The van der Waals surface area contributed by atoms with E-state index in [-0.39, 0.29) is 5.56 Å². The molecule has 0 spiro atoms. The van der Waals surface area contributed by atoms with Crippen LogP contribution in [0, 0.1) is 0 Å². The quantitative estimate of drug-likeness (QED) is 0.281. The van der Waals surface area contributed by atoms with Crippen molar-refractivity contribution in [3.05, 3.63) is 120 Å². The Morgan fingerprint density at radius 2 is 1.54 bits per heavy atom. The summed E-state index contributed by atoms with van der Waals surface area (Å²) in [6.07, 6.45) is 3.93. The molecule has 0 amide bonds. The van der Waals surface area contributed by atoms with Gasteiger partial charge in [-0.05, 0) is 76.2 Å². The van der Waals surface area contributed by atoms with Crippen LogP contribution in [0.2, 0.25) is 0 Å². The molecule has 0 aliphatic carbocycles. The van der Waals surface area contributed by atoms with Crippen LogP contribution < -0.4 is 4.74 Å². The third kappa shape index (κ3) is 4.45. The Kier molecular flexibility index (Phi) is 5.69. The monoisotopic (exact) mass is 487 g/mol. The highest BCUT2D eigenvalue weighted by Gasteiger charge is 2.10. The average Bonchev–Trinajstić information content (AvgIpc) is 3.52. The number of rotatable bonds is 7. The number of aromatic carboxylic acids is 1. The zero-order valence-electron chi connectivity index (χ0n) is 20.3. The van der Waals surface area contributed by atoms with Gasteiger partial charge in [-0.1, -0.05) is 42.5 Å². The first-order chi connectivity index (χ1) is 18.1. The van der Waals surface area contributed by atoms with E-state index in [9.17, 15) is 9.90 Å². The molecule has 0 bridgehead atoms. The van der Waals surface area contributed by atoms with Crippen LogP contribution >= 0.6 is 0 Å². The van der Waals surface area contributed by atoms with E-state index in [1.807, 2.05) is 30.6 Å². The minimum absolute atomic E-state index is 0.285. The van der Waals surface area contributed by atoms with Gasteiger partial charge in [-0.3, -0.25) is 0 Å². The van der Waals surface area contributed by atoms with Gasteiger partial charge in [0.05, 0.1) is 30.0 Å². The van der Waals surface area contributed by atoms with Crippen LogP contribution in [0.3, 0.4) is 0 Å². The third-order valence-electron chi connectivity index (χ3n) is 6.74. The van der Waals surface area contributed by atoms with Gasteiger partial charge in [0.15, 0.2) is 0 Å². The van der Waals surface area contributed by atoms with E-state index in [4.69, 9.17) is 4.74 Å². The van der Waals surface area contributed by atoms with Crippen molar-refractivity contribution in [2.24, 2.45) is 0 Å². The highest BCUT2D eigenvalue weighted by molar-refractivity contribution is 5.89. The summed E-state index contributed by atoms with van der Waals surface area (Å²) in [4.78, 5) is 15.9. The van der Waals surface area contributed by atoms with Crippen LogP contribution in [0.15, 0.2) is 104 Å². The van der Waals surface area contributed by atoms with E-state index in [2.05, 4.69) is 68.8 Å². The molecule has 6 nitrogen and oxygen atoms in total. The van der Waals surface area contributed by atoms with Crippen molar-refractivity contribution >= 4 is 27.9 Å². The zero-order chi connectivity index (χ0) is 25.4. The van der Waals surface area contributed by atoms with Gasteiger partial charge in [0, 0.05) is 24.8 Å². The molecule has 182 valence electrons. The van der Waals surface area contributed by atoms with Crippen LogP contribution in [0.5, 0.6) is 5.75 Å². The second kappa shape index (κ2) is 9.32. The number of aromatic nitrogens is 3. The maximum absolute atomic E-state index is 11.4. The summed E-state index contributed by atoms with van der Waals surface area (Å²) in [5.74, 6) is -0.0691. The maximum atomic E-state index is 11.4. The number of carboxylic acid groups (broad SMARTS) is 1. The lowest BCUT2D eigenvalue weighted by Crippen LogP contribution is -2.01. The molecular weight excluding hydrogens is 462 g/mol. The van der Waals surface area contributed by atoms with Gasteiger partial charge in [0.1, 0.15) is 5.75 Å².